The zero-order valence-electron chi connectivity index (χ0n) is 11.1. The van der Waals surface area contributed by atoms with Gasteiger partial charge < -0.3 is 9.52 Å². The highest BCUT2D eigenvalue weighted by molar-refractivity contribution is 7.89. The van der Waals surface area contributed by atoms with Crippen molar-refractivity contribution in [2.45, 2.75) is 13.0 Å². The summed E-state index contributed by atoms with van der Waals surface area (Å²) in [6.07, 6.45) is 1.26. The number of furan rings is 1. The molecule has 0 radical (unpaired) electrons. The van der Waals surface area contributed by atoms with Gasteiger partial charge >= 0.3 is 5.97 Å². The van der Waals surface area contributed by atoms with E-state index < -0.39 is 16.0 Å². The second-order valence-electron chi connectivity index (χ2n) is 4.71. The summed E-state index contributed by atoms with van der Waals surface area (Å²) in [6, 6.07) is 3.71. The Morgan fingerprint density at radius 2 is 2.00 bits per heavy atom. The molecule has 1 aromatic rings. The molecule has 0 bridgehead atoms. The number of hydrogen-bond acceptors (Lipinski definition) is 5. The Hall–Kier alpha value is -1.38. The summed E-state index contributed by atoms with van der Waals surface area (Å²) >= 11 is 0. The highest BCUT2D eigenvalue weighted by Crippen LogP contribution is 2.12. The molecule has 1 aromatic heterocycles. The fourth-order valence-electron chi connectivity index (χ4n) is 2.13. The Balaban J connectivity index is 1.82. The summed E-state index contributed by atoms with van der Waals surface area (Å²) in [7, 11) is -3.46. The van der Waals surface area contributed by atoms with Gasteiger partial charge in [-0.1, -0.05) is 0 Å². The number of aliphatic carboxylic acids is 1. The zero-order valence-corrected chi connectivity index (χ0v) is 11.9. The lowest BCUT2D eigenvalue weighted by Gasteiger charge is -2.33. The molecule has 112 valence electrons. The van der Waals surface area contributed by atoms with E-state index >= 15 is 0 Å². The molecule has 0 atom stereocenters. The van der Waals surface area contributed by atoms with Crippen LogP contribution < -0.4 is 0 Å². The Labute approximate surface area is 117 Å². The summed E-state index contributed by atoms with van der Waals surface area (Å²) in [6.45, 7) is 2.68. The van der Waals surface area contributed by atoms with E-state index in [1.54, 1.807) is 6.26 Å². The summed E-state index contributed by atoms with van der Waals surface area (Å²) in [5.41, 5.74) is 0. The Morgan fingerprint density at radius 3 is 2.55 bits per heavy atom. The summed E-state index contributed by atoms with van der Waals surface area (Å²) in [5, 5.41) is 8.56. The SMILES string of the molecule is O=C(O)CCS(=O)(=O)N1CCN(Cc2ccco2)CC1. The van der Waals surface area contributed by atoms with E-state index in [0.29, 0.717) is 32.7 Å². The van der Waals surface area contributed by atoms with Gasteiger partial charge in [0, 0.05) is 26.2 Å². The van der Waals surface area contributed by atoms with Crippen LogP contribution in [0.1, 0.15) is 12.2 Å². The molecule has 0 unspecified atom stereocenters. The Morgan fingerprint density at radius 1 is 1.30 bits per heavy atom. The molecule has 1 N–H and O–H groups in total. The molecule has 7 nitrogen and oxygen atoms in total. The molecule has 8 heteroatoms. The van der Waals surface area contributed by atoms with Gasteiger partial charge in [-0.2, -0.15) is 4.31 Å². The summed E-state index contributed by atoms with van der Waals surface area (Å²) in [4.78, 5) is 12.6. The number of nitrogens with zero attached hydrogens (tertiary/aromatic N) is 2. The maximum absolute atomic E-state index is 11.9. The number of rotatable bonds is 6. The third-order valence-corrected chi connectivity index (χ3v) is 5.13. The van der Waals surface area contributed by atoms with Crippen LogP contribution in [0.2, 0.25) is 0 Å². The standard InChI is InChI=1S/C12H18N2O5S/c15-12(16)3-9-20(17,18)14-6-4-13(5-7-14)10-11-2-1-8-19-11/h1-2,8H,3-7,9-10H2,(H,15,16). The van der Waals surface area contributed by atoms with Gasteiger partial charge in [-0.15, -0.1) is 0 Å². The van der Waals surface area contributed by atoms with Crippen molar-refractivity contribution in [3.05, 3.63) is 24.2 Å². The molecule has 1 fully saturated rings. The van der Waals surface area contributed by atoms with Crippen LogP contribution in [0.4, 0.5) is 0 Å². The van der Waals surface area contributed by atoms with Gasteiger partial charge in [0.25, 0.3) is 0 Å². The van der Waals surface area contributed by atoms with Crippen molar-refractivity contribution in [3.63, 3.8) is 0 Å². The molecule has 0 spiro atoms. The molecule has 1 aliphatic rings. The van der Waals surface area contributed by atoms with Crippen molar-refractivity contribution < 1.29 is 22.7 Å². The zero-order chi connectivity index (χ0) is 14.6. The third kappa shape index (κ3) is 4.06. The predicted molar refractivity (Wildman–Crippen MR) is 71.6 cm³/mol. The average molecular weight is 302 g/mol. The molecular formula is C12H18N2O5S. The molecule has 1 aliphatic heterocycles. The minimum atomic E-state index is -3.46. The number of sulfonamides is 1. The van der Waals surface area contributed by atoms with Crippen molar-refractivity contribution in [2.75, 3.05) is 31.9 Å². The quantitative estimate of drug-likeness (QED) is 0.807. The largest absolute Gasteiger partial charge is 0.481 e. The Bertz CT molecular complexity index is 532. The molecule has 2 rings (SSSR count). The highest BCUT2D eigenvalue weighted by atomic mass is 32.2. The van der Waals surface area contributed by atoms with Gasteiger partial charge in [0.15, 0.2) is 0 Å². The normalized spacial score (nSPS) is 18.2. The number of piperazine rings is 1. The smallest absolute Gasteiger partial charge is 0.304 e. The van der Waals surface area contributed by atoms with Gasteiger partial charge in [0.1, 0.15) is 5.76 Å². The van der Waals surface area contributed by atoms with E-state index in [4.69, 9.17) is 9.52 Å². The van der Waals surface area contributed by atoms with E-state index in [1.807, 2.05) is 12.1 Å². The van der Waals surface area contributed by atoms with Gasteiger partial charge in [0.2, 0.25) is 10.0 Å². The van der Waals surface area contributed by atoms with E-state index in [0.717, 1.165) is 5.76 Å². The number of carboxylic acid groups (broad SMARTS) is 1. The van der Waals surface area contributed by atoms with Crippen LogP contribution in [0, 0.1) is 0 Å². The molecule has 1 saturated heterocycles. The first-order valence-corrected chi connectivity index (χ1v) is 8.02. The first-order valence-electron chi connectivity index (χ1n) is 6.42. The minimum Gasteiger partial charge on any atom is -0.481 e. The van der Waals surface area contributed by atoms with Gasteiger partial charge in [-0.05, 0) is 12.1 Å². The predicted octanol–water partition coefficient (Wildman–Crippen LogP) is 0.202. The van der Waals surface area contributed by atoms with Gasteiger partial charge in [-0.25, -0.2) is 8.42 Å². The minimum absolute atomic E-state index is 0.333. The van der Waals surface area contributed by atoms with Crippen molar-refractivity contribution in [1.29, 1.82) is 0 Å². The van der Waals surface area contributed by atoms with E-state index in [9.17, 15) is 13.2 Å². The fraction of sp³-hybridized carbons (Fsp3) is 0.583. The summed E-state index contributed by atoms with van der Waals surface area (Å²) in [5.74, 6) is -0.572. The number of carboxylic acids is 1. The fourth-order valence-corrected chi connectivity index (χ4v) is 3.54. The topological polar surface area (TPSA) is 91.1 Å². The molecule has 0 aliphatic carbocycles. The van der Waals surface area contributed by atoms with Crippen LogP contribution in [-0.2, 0) is 21.4 Å². The molecule has 0 aromatic carbocycles. The van der Waals surface area contributed by atoms with E-state index in [-0.39, 0.29) is 12.2 Å². The third-order valence-electron chi connectivity index (χ3n) is 3.26. The number of carbonyl (C=O) groups is 1. The lowest BCUT2D eigenvalue weighted by Crippen LogP contribution is -2.48. The van der Waals surface area contributed by atoms with E-state index in [2.05, 4.69) is 4.90 Å². The van der Waals surface area contributed by atoms with Crippen molar-refractivity contribution in [2.24, 2.45) is 0 Å². The highest BCUT2D eigenvalue weighted by Gasteiger charge is 2.27. The lowest BCUT2D eigenvalue weighted by atomic mass is 10.3. The van der Waals surface area contributed by atoms with Crippen LogP contribution in [-0.4, -0.2) is 60.6 Å². The molecule has 2 heterocycles. The van der Waals surface area contributed by atoms with Crippen molar-refractivity contribution >= 4 is 16.0 Å². The van der Waals surface area contributed by atoms with Crippen LogP contribution >= 0.6 is 0 Å². The molecule has 20 heavy (non-hydrogen) atoms. The van der Waals surface area contributed by atoms with Gasteiger partial charge in [-0.3, -0.25) is 9.69 Å². The van der Waals surface area contributed by atoms with Crippen LogP contribution in [0.3, 0.4) is 0 Å². The monoisotopic (exact) mass is 302 g/mol. The van der Waals surface area contributed by atoms with Crippen LogP contribution in [0.15, 0.2) is 22.8 Å². The van der Waals surface area contributed by atoms with Crippen LogP contribution in [0.5, 0.6) is 0 Å². The molecule has 0 saturated carbocycles. The first-order chi connectivity index (χ1) is 9.47. The maximum Gasteiger partial charge on any atom is 0.304 e. The lowest BCUT2D eigenvalue weighted by molar-refractivity contribution is -0.136. The number of hydrogen-bond donors (Lipinski definition) is 1. The average Bonchev–Trinajstić information content (AvgIpc) is 2.90. The van der Waals surface area contributed by atoms with Gasteiger partial charge in [0.05, 0.1) is 25.0 Å². The first kappa shape index (κ1) is 15.0. The van der Waals surface area contributed by atoms with E-state index in [1.165, 1.54) is 4.31 Å². The van der Waals surface area contributed by atoms with Crippen molar-refractivity contribution in [3.8, 4) is 0 Å². The Kier molecular flexibility index (Phi) is 4.79. The second-order valence-corrected chi connectivity index (χ2v) is 6.80. The maximum atomic E-state index is 11.9. The molecular weight excluding hydrogens is 284 g/mol. The summed E-state index contributed by atoms with van der Waals surface area (Å²) < 4.78 is 30.5. The second kappa shape index (κ2) is 6.38. The molecule has 0 amide bonds. The van der Waals surface area contributed by atoms with Crippen molar-refractivity contribution in [1.82, 2.24) is 9.21 Å². The van der Waals surface area contributed by atoms with Crippen LogP contribution in [0.25, 0.3) is 0 Å².